The number of hydrogen-bond acceptors (Lipinski definition) is 5. The number of aromatic amines is 1. The predicted molar refractivity (Wildman–Crippen MR) is 138 cm³/mol. The number of morpholine rings is 1. The monoisotopic (exact) mass is 472 g/mol. The summed E-state index contributed by atoms with van der Waals surface area (Å²) in [6.45, 7) is 10.2. The van der Waals surface area contributed by atoms with Gasteiger partial charge in [-0.15, -0.1) is 0 Å². The third-order valence-electron chi connectivity index (χ3n) is 6.48. The maximum atomic E-state index is 13.1. The van der Waals surface area contributed by atoms with Gasteiger partial charge in [-0.3, -0.25) is 14.5 Å². The standard InChI is InChI=1S/C28H32N4O3/c1-18-12-20(3)31-28(34)26(18)16-30-27(33)25-14-22(5-6-23(25)15-29)24-7-4-21(13-19(24)2)17-32-8-10-35-11-9-32/h4-7,12-15,29H,8-11,16-17H2,1-3H3,(H,30,33)(H,31,34). The highest BCUT2D eigenvalue weighted by atomic mass is 16.5. The third-order valence-corrected chi connectivity index (χ3v) is 6.48. The summed E-state index contributed by atoms with van der Waals surface area (Å²) in [6, 6.07) is 13.9. The maximum absolute atomic E-state index is 13.1. The molecule has 0 atom stereocenters. The molecule has 0 radical (unpaired) electrons. The molecule has 2 aromatic carbocycles. The zero-order valence-corrected chi connectivity index (χ0v) is 20.5. The molecule has 2 heterocycles. The molecule has 0 aliphatic carbocycles. The van der Waals surface area contributed by atoms with Crippen LogP contribution in [-0.4, -0.2) is 48.3 Å². The van der Waals surface area contributed by atoms with E-state index < -0.39 is 0 Å². The molecule has 0 bridgehead atoms. The van der Waals surface area contributed by atoms with E-state index in [1.165, 1.54) is 11.8 Å². The molecule has 35 heavy (non-hydrogen) atoms. The van der Waals surface area contributed by atoms with Crippen LogP contribution in [0.3, 0.4) is 0 Å². The van der Waals surface area contributed by atoms with E-state index in [0.717, 1.165) is 60.8 Å². The largest absolute Gasteiger partial charge is 0.379 e. The van der Waals surface area contributed by atoms with Gasteiger partial charge in [-0.1, -0.05) is 30.3 Å². The number of nitrogens with one attached hydrogen (secondary N) is 3. The molecular formula is C28H32N4O3. The second kappa shape index (κ2) is 10.8. The number of pyridine rings is 1. The van der Waals surface area contributed by atoms with E-state index in [2.05, 4.69) is 40.3 Å². The lowest BCUT2D eigenvalue weighted by molar-refractivity contribution is 0.0342. The van der Waals surface area contributed by atoms with Crippen molar-refractivity contribution in [1.82, 2.24) is 15.2 Å². The number of rotatable bonds is 7. The fourth-order valence-electron chi connectivity index (χ4n) is 4.58. The first-order valence-electron chi connectivity index (χ1n) is 11.9. The summed E-state index contributed by atoms with van der Waals surface area (Å²) in [6.07, 6.45) is 1.18. The van der Waals surface area contributed by atoms with Crippen LogP contribution in [0, 0.1) is 26.2 Å². The number of benzene rings is 2. The van der Waals surface area contributed by atoms with E-state index in [4.69, 9.17) is 10.1 Å². The number of hydrogen-bond donors (Lipinski definition) is 3. The van der Waals surface area contributed by atoms with Gasteiger partial charge in [0.05, 0.1) is 13.2 Å². The quantitative estimate of drug-likeness (QED) is 0.457. The van der Waals surface area contributed by atoms with Crippen molar-refractivity contribution in [2.45, 2.75) is 33.9 Å². The molecule has 1 aliphatic heterocycles. The average Bonchev–Trinajstić information content (AvgIpc) is 2.83. The first-order valence-corrected chi connectivity index (χ1v) is 11.9. The van der Waals surface area contributed by atoms with Crippen molar-refractivity contribution in [3.63, 3.8) is 0 Å². The molecule has 0 spiro atoms. The summed E-state index contributed by atoms with van der Waals surface area (Å²) in [4.78, 5) is 30.6. The predicted octanol–water partition coefficient (Wildman–Crippen LogP) is 3.73. The van der Waals surface area contributed by atoms with Crippen LogP contribution in [0.15, 0.2) is 47.3 Å². The molecule has 1 saturated heterocycles. The number of aromatic nitrogens is 1. The van der Waals surface area contributed by atoms with Crippen LogP contribution < -0.4 is 10.9 Å². The van der Waals surface area contributed by atoms with Gasteiger partial charge in [0.2, 0.25) is 0 Å². The zero-order valence-electron chi connectivity index (χ0n) is 20.5. The summed E-state index contributed by atoms with van der Waals surface area (Å²) in [5.41, 5.74) is 7.24. The molecule has 182 valence electrons. The summed E-state index contributed by atoms with van der Waals surface area (Å²) >= 11 is 0. The van der Waals surface area contributed by atoms with Crippen molar-refractivity contribution in [2.24, 2.45) is 0 Å². The van der Waals surface area contributed by atoms with Crippen LogP contribution >= 0.6 is 0 Å². The summed E-state index contributed by atoms with van der Waals surface area (Å²) in [5.74, 6) is -0.314. The molecule has 1 amide bonds. The minimum atomic E-state index is -0.314. The number of carbonyl (C=O) groups is 1. The Kier molecular flexibility index (Phi) is 7.58. The van der Waals surface area contributed by atoms with E-state index >= 15 is 0 Å². The minimum absolute atomic E-state index is 0.122. The normalized spacial score (nSPS) is 14.0. The molecule has 1 aliphatic rings. The molecule has 3 N–H and O–H groups in total. The van der Waals surface area contributed by atoms with Gasteiger partial charge < -0.3 is 20.4 Å². The summed E-state index contributed by atoms with van der Waals surface area (Å²) < 4.78 is 5.44. The van der Waals surface area contributed by atoms with Gasteiger partial charge in [-0.05, 0) is 60.7 Å². The summed E-state index contributed by atoms with van der Waals surface area (Å²) in [7, 11) is 0. The molecule has 7 nitrogen and oxygen atoms in total. The van der Waals surface area contributed by atoms with E-state index in [1.807, 2.05) is 32.0 Å². The fraction of sp³-hybridized carbons (Fsp3) is 0.321. The molecule has 0 unspecified atom stereocenters. The van der Waals surface area contributed by atoms with Crippen LogP contribution in [0.25, 0.3) is 11.1 Å². The first-order chi connectivity index (χ1) is 16.9. The second-order valence-electron chi connectivity index (χ2n) is 9.11. The van der Waals surface area contributed by atoms with Gasteiger partial charge >= 0.3 is 0 Å². The third kappa shape index (κ3) is 5.75. The SMILES string of the molecule is Cc1cc(C)c(CNC(=O)c2cc(-c3ccc(CN4CCOCC4)cc3C)ccc2C=N)c(=O)[nH]1. The van der Waals surface area contributed by atoms with Gasteiger partial charge in [0.15, 0.2) is 0 Å². The minimum Gasteiger partial charge on any atom is -0.379 e. The van der Waals surface area contributed by atoms with Gasteiger partial charge in [0.1, 0.15) is 0 Å². The Morgan fingerprint density at radius 1 is 1.09 bits per heavy atom. The molecular weight excluding hydrogens is 440 g/mol. The van der Waals surface area contributed by atoms with Gasteiger partial charge in [0, 0.05) is 54.8 Å². The van der Waals surface area contributed by atoms with Crippen LogP contribution in [0.5, 0.6) is 0 Å². The van der Waals surface area contributed by atoms with E-state index in [9.17, 15) is 9.59 Å². The molecule has 7 heteroatoms. The van der Waals surface area contributed by atoms with E-state index in [0.29, 0.717) is 16.7 Å². The number of nitrogens with zero attached hydrogens (tertiary/aromatic N) is 1. The summed E-state index contributed by atoms with van der Waals surface area (Å²) in [5, 5.41) is 10.6. The number of aryl methyl sites for hydroxylation is 3. The van der Waals surface area contributed by atoms with Crippen LogP contribution in [-0.2, 0) is 17.8 Å². The molecule has 1 fully saturated rings. The van der Waals surface area contributed by atoms with Crippen LogP contribution in [0.2, 0.25) is 0 Å². The number of carbonyl (C=O) groups excluding carboxylic acids is 1. The topological polar surface area (TPSA) is 98.3 Å². The van der Waals surface area contributed by atoms with Gasteiger partial charge in [0.25, 0.3) is 11.5 Å². The van der Waals surface area contributed by atoms with Crippen molar-refractivity contribution in [3.05, 3.63) is 91.9 Å². The Hall–Kier alpha value is -3.55. The molecule has 0 saturated carbocycles. The molecule has 4 rings (SSSR count). The van der Waals surface area contributed by atoms with Gasteiger partial charge in [-0.2, -0.15) is 0 Å². The Bertz CT molecular complexity index is 1310. The smallest absolute Gasteiger partial charge is 0.253 e. The lowest BCUT2D eigenvalue weighted by Gasteiger charge is -2.26. The van der Waals surface area contributed by atoms with Crippen molar-refractivity contribution in [2.75, 3.05) is 26.3 Å². The van der Waals surface area contributed by atoms with Crippen LogP contribution in [0.1, 0.15) is 43.9 Å². The molecule has 3 aromatic rings. The highest BCUT2D eigenvalue weighted by Gasteiger charge is 2.16. The lowest BCUT2D eigenvalue weighted by Crippen LogP contribution is -2.35. The highest BCUT2D eigenvalue weighted by Crippen LogP contribution is 2.27. The van der Waals surface area contributed by atoms with Crippen molar-refractivity contribution >= 4 is 12.1 Å². The van der Waals surface area contributed by atoms with Crippen molar-refractivity contribution < 1.29 is 9.53 Å². The van der Waals surface area contributed by atoms with Crippen LogP contribution in [0.4, 0.5) is 0 Å². The second-order valence-corrected chi connectivity index (χ2v) is 9.11. The zero-order chi connectivity index (χ0) is 24.9. The Balaban J connectivity index is 1.55. The lowest BCUT2D eigenvalue weighted by atomic mass is 9.94. The fourth-order valence-corrected chi connectivity index (χ4v) is 4.58. The maximum Gasteiger partial charge on any atom is 0.253 e. The first kappa shape index (κ1) is 24.6. The average molecular weight is 473 g/mol. The highest BCUT2D eigenvalue weighted by molar-refractivity contribution is 6.03. The number of amides is 1. The Morgan fingerprint density at radius 3 is 2.54 bits per heavy atom. The van der Waals surface area contributed by atoms with Crippen molar-refractivity contribution in [3.8, 4) is 11.1 Å². The van der Waals surface area contributed by atoms with Crippen molar-refractivity contribution in [1.29, 1.82) is 5.41 Å². The Morgan fingerprint density at radius 2 is 1.86 bits per heavy atom. The Labute approximate surface area is 205 Å². The van der Waals surface area contributed by atoms with E-state index in [-0.39, 0.29) is 18.0 Å². The molecule has 1 aromatic heterocycles. The van der Waals surface area contributed by atoms with Gasteiger partial charge in [-0.25, -0.2) is 0 Å². The number of H-pyrrole nitrogens is 1. The van der Waals surface area contributed by atoms with E-state index in [1.54, 1.807) is 6.07 Å². The number of ether oxygens (including phenoxy) is 1.